The highest BCUT2D eigenvalue weighted by Crippen LogP contribution is 2.29. The van der Waals surface area contributed by atoms with Crippen molar-refractivity contribution in [3.05, 3.63) is 23.8 Å². The van der Waals surface area contributed by atoms with Crippen LogP contribution in [-0.4, -0.2) is 44.3 Å². The molecule has 0 bridgehead atoms. The van der Waals surface area contributed by atoms with Gasteiger partial charge in [0.05, 0.1) is 16.9 Å². The number of carbonyl (C=O) groups is 1. The Morgan fingerprint density at radius 1 is 1.59 bits per heavy atom. The number of benzene rings is 1. The fraction of sp³-hybridized carbons (Fsp3) is 0.417. The third-order valence-corrected chi connectivity index (χ3v) is 2.91. The molecule has 0 amide bonds. The topological polar surface area (TPSA) is 64.6 Å². The number of likely N-dealkylation sites (N-methyl/N-ethyl adjacent to an activating group) is 1. The molecule has 17 heavy (non-hydrogen) atoms. The summed E-state index contributed by atoms with van der Waals surface area (Å²) in [5.41, 5.74) is 2.32. The van der Waals surface area contributed by atoms with Crippen molar-refractivity contribution in [3.8, 4) is 0 Å². The quantitative estimate of drug-likeness (QED) is 0.721. The maximum Gasteiger partial charge on any atom is 0.335 e. The summed E-state index contributed by atoms with van der Waals surface area (Å²) in [6.07, 6.45) is 0. The lowest BCUT2D eigenvalue weighted by Crippen LogP contribution is -2.38. The first-order valence-corrected chi connectivity index (χ1v) is 5.73. The van der Waals surface area contributed by atoms with E-state index in [0.29, 0.717) is 5.56 Å². The van der Waals surface area contributed by atoms with Crippen LogP contribution in [0.15, 0.2) is 18.2 Å². The van der Waals surface area contributed by atoms with Crippen LogP contribution in [0.2, 0.25) is 0 Å². The van der Waals surface area contributed by atoms with Crippen LogP contribution in [-0.2, 0) is 0 Å². The Labute approximate surface area is 100 Å². The van der Waals surface area contributed by atoms with Gasteiger partial charge in [-0.2, -0.15) is 0 Å². The van der Waals surface area contributed by atoms with Crippen molar-refractivity contribution in [2.24, 2.45) is 0 Å². The molecule has 0 saturated heterocycles. The standard InChI is InChI=1S/C12H17N3O2/c1-13-4-6-15-7-5-14-10-3-2-9(12(16)17)8-11(10)15/h2-3,8,13-14H,4-7H2,1H3,(H,16,17). The largest absolute Gasteiger partial charge is 0.478 e. The van der Waals surface area contributed by atoms with Gasteiger partial charge >= 0.3 is 5.97 Å². The summed E-state index contributed by atoms with van der Waals surface area (Å²) in [7, 11) is 1.91. The van der Waals surface area contributed by atoms with E-state index < -0.39 is 5.97 Å². The number of aromatic carboxylic acids is 1. The molecule has 0 saturated carbocycles. The predicted octanol–water partition coefficient (Wildman–Crippen LogP) is 0.836. The van der Waals surface area contributed by atoms with Gasteiger partial charge in [-0.25, -0.2) is 4.79 Å². The van der Waals surface area contributed by atoms with E-state index in [2.05, 4.69) is 15.5 Å². The van der Waals surface area contributed by atoms with Crippen molar-refractivity contribution in [3.63, 3.8) is 0 Å². The molecule has 0 fully saturated rings. The lowest BCUT2D eigenvalue weighted by atomic mass is 10.1. The van der Waals surface area contributed by atoms with Crippen molar-refractivity contribution in [2.45, 2.75) is 0 Å². The molecule has 92 valence electrons. The molecular formula is C12H17N3O2. The second kappa shape index (κ2) is 5.05. The zero-order valence-corrected chi connectivity index (χ0v) is 9.86. The van der Waals surface area contributed by atoms with Crippen LogP contribution in [0.4, 0.5) is 11.4 Å². The third-order valence-electron chi connectivity index (χ3n) is 2.91. The molecule has 3 N–H and O–H groups in total. The minimum atomic E-state index is -0.882. The maximum absolute atomic E-state index is 11.0. The number of nitrogens with one attached hydrogen (secondary N) is 2. The number of rotatable bonds is 4. The van der Waals surface area contributed by atoms with Crippen molar-refractivity contribution in [2.75, 3.05) is 43.4 Å². The van der Waals surface area contributed by atoms with Gasteiger partial charge in [-0.1, -0.05) is 0 Å². The van der Waals surface area contributed by atoms with E-state index in [1.54, 1.807) is 12.1 Å². The first-order valence-electron chi connectivity index (χ1n) is 5.73. The zero-order valence-electron chi connectivity index (χ0n) is 9.86. The van der Waals surface area contributed by atoms with Gasteiger partial charge in [-0.15, -0.1) is 0 Å². The van der Waals surface area contributed by atoms with E-state index in [1.807, 2.05) is 13.1 Å². The molecule has 2 rings (SSSR count). The second-order valence-electron chi connectivity index (χ2n) is 4.05. The number of carboxylic acid groups (broad SMARTS) is 1. The molecule has 0 radical (unpaired) electrons. The SMILES string of the molecule is CNCCN1CCNc2ccc(C(=O)O)cc21. The van der Waals surface area contributed by atoms with Crippen molar-refractivity contribution < 1.29 is 9.90 Å². The number of anilines is 2. The molecule has 5 nitrogen and oxygen atoms in total. The van der Waals surface area contributed by atoms with Gasteiger partial charge in [0, 0.05) is 26.2 Å². The van der Waals surface area contributed by atoms with Gasteiger partial charge in [0.2, 0.25) is 0 Å². The van der Waals surface area contributed by atoms with Gasteiger partial charge in [0.1, 0.15) is 0 Å². The molecule has 1 aromatic carbocycles. The summed E-state index contributed by atoms with van der Waals surface area (Å²) >= 11 is 0. The molecule has 1 aliphatic heterocycles. The van der Waals surface area contributed by atoms with E-state index >= 15 is 0 Å². The van der Waals surface area contributed by atoms with Crippen LogP contribution in [0.5, 0.6) is 0 Å². The smallest absolute Gasteiger partial charge is 0.335 e. The van der Waals surface area contributed by atoms with E-state index in [-0.39, 0.29) is 0 Å². The van der Waals surface area contributed by atoms with Gasteiger partial charge in [-0.3, -0.25) is 0 Å². The summed E-state index contributed by atoms with van der Waals surface area (Å²) in [5.74, 6) is -0.882. The van der Waals surface area contributed by atoms with Gasteiger partial charge < -0.3 is 20.6 Å². The number of nitrogens with zero attached hydrogens (tertiary/aromatic N) is 1. The summed E-state index contributed by atoms with van der Waals surface area (Å²) < 4.78 is 0. The zero-order chi connectivity index (χ0) is 12.3. The summed E-state index contributed by atoms with van der Waals surface area (Å²) in [4.78, 5) is 13.2. The van der Waals surface area contributed by atoms with Crippen LogP contribution >= 0.6 is 0 Å². The summed E-state index contributed by atoms with van der Waals surface area (Å²) in [6.45, 7) is 3.56. The molecule has 0 aliphatic carbocycles. The highest BCUT2D eigenvalue weighted by Gasteiger charge is 2.17. The average molecular weight is 235 g/mol. The number of carboxylic acids is 1. The van der Waals surface area contributed by atoms with Crippen LogP contribution in [0, 0.1) is 0 Å². The Morgan fingerprint density at radius 2 is 2.41 bits per heavy atom. The molecular weight excluding hydrogens is 218 g/mol. The minimum absolute atomic E-state index is 0.335. The summed E-state index contributed by atoms with van der Waals surface area (Å²) in [5, 5.41) is 15.4. The normalized spacial score (nSPS) is 14.1. The average Bonchev–Trinajstić information content (AvgIpc) is 2.35. The Morgan fingerprint density at radius 3 is 3.12 bits per heavy atom. The highest BCUT2D eigenvalue weighted by atomic mass is 16.4. The maximum atomic E-state index is 11.0. The monoisotopic (exact) mass is 235 g/mol. The van der Waals surface area contributed by atoms with Gasteiger partial charge in [-0.05, 0) is 25.2 Å². The number of hydrogen-bond acceptors (Lipinski definition) is 4. The Kier molecular flexibility index (Phi) is 3.49. The van der Waals surface area contributed by atoms with E-state index in [4.69, 9.17) is 5.11 Å². The van der Waals surface area contributed by atoms with Gasteiger partial charge in [0.25, 0.3) is 0 Å². The van der Waals surface area contributed by atoms with Crippen LogP contribution < -0.4 is 15.5 Å². The highest BCUT2D eigenvalue weighted by molar-refractivity contribution is 5.91. The molecule has 0 aromatic heterocycles. The first-order chi connectivity index (χ1) is 8.22. The Bertz CT molecular complexity index is 420. The fourth-order valence-corrected chi connectivity index (χ4v) is 2.00. The Hall–Kier alpha value is -1.75. The van der Waals surface area contributed by atoms with E-state index in [0.717, 1.165) is 37.6 Å². The van der Waals surface area contributed by atoms with E-state index in [1.165, 1.54) is 0 Å². The molecule has 0 atom stereocenters. The lowest BCUT2D eigenvalue weighted by Gasteiger charge is -2.32. The first kappa shape index (κ1) is 11.7. The minimum Gasteiger partial charge on any atom is -0.478 e. The molecule has 0 spiro atoms. The Balaban J connectivity index is 2.27. The van der Waals surface area contributed by atoms with Crippen molar-refractivity contribution in [1.29, 1.82) is 0 Å². The number of fused-ring (bicyclic) bond motifs is 1. The van der Waals surface area contributed by atoms with Gasteiger partial charge in [0.15, 0.2) is 0 Å². The third kappa shape index (κ3) is 2.50. The predicted molar refractivity (Wildman–Crippen MR) is 68.0 cm³/mol. The van der Waals surface area contributed by atoms with Crippen LogP contribution in [0.25, 0.3) is 0 Å². The van der Waals surface area contributed by atoms with Crippen LogP contribution in [0.1, 0.15) is 10.4 Å². The molecule has 5 heteroatoms. The fourth-order valence-electron chi connectivity index (χ4n) is 2.00. The molecule has 1 aliphatic rings. The lowest BCUT2D eigenvalue weighted by molar-refractivity contribution is 0.0697. The van der Waals surface area contributed by atoms with E-state index in [9.17, 15) is 4.79 Å². The molecule has 1 aromatic rings. The van der Waals surface area contributed by atoms with Crippen molar-refractivity contribution in [1.82, 2.24) is 5.32 Å². The summed E-state index contributed by atoms with van der Waals surface area (Å²) in [6, 6.07) is 5.21. The molecule has 0 unspecified atom stereocenters. The van der Waals surface area contributed by atoms with Crippen molar-refractivity contribution >= 4 is 17.3 Å². The number of hydrogen-bond donors (Lipinski definition) is 3. The second-order valence-corrected chi connectivity index (χ2v) is 4.05. The van der Waals surface area contributed by atoms with Crippen LogP contribution in [0.3, 0.4) is 0 Å². The molecule has 1 heterocycles.